The van der Waals surface area contributed by atoms with E-state index in [1.165, 1.54) is 6.07 Å². The van der Waals surface area contributed by atoms with Crippen molar-refractivity contribution in [2.75, 3.05) is 19.0 Å². The van der Waals surface area contributed by atoms with Gasteiger partial charge in [-0.3, -0.25) is 0 Å². The minimum atomic E-state index is -3.98. The molecule has 0 fully saturated rings. The zero-order valence-corrected chi connectivity index (χ0v) is 16.4. The lowest BCUT2D eigenvalue weighted by Crippen LogP contribution is -2.07. The molecule has 0 heterocycles. The molecule has 138 valence electrons. The molecule has 0 unspecified atom stereocenters. The molecule has 0 spiro atoms. The van der Waals surface area contributed by atoms with Gasteiger partial charge in [0, 0.05) is 30.5 Å². The molecule has 3 aromatic carbocycles. The SMILES string of the molecule is CN(C)c1ccc(-c2ccc(N=Nc3ccccc3)c(S(=O)(=O)Cl)c2)cc1. The smallest absolute Gasteiger partial charge is 0.263 e. The summed E-state index contributed by atoms with van der Waals surface area (Å²) in [5, 5.41) is 8.15. The van der Waals surface area contributed by atoms with E-state index in [4.69, 9.17) is 10.7 Å². The molecule has 3 rings (SSSR count). The standard InChI is InChI=1S/C20H18ClN3O2S/c1-24(2)18-11-8-15(9-12-18)16-10-13-19(20(14-16)27(21,25)26)23-22-17-6-4-3-5-7-17/h3-14H,1-2H3. The second-order valence-electron chi connectivity index (χ2n) is 6.10. The molecule has 0 amide bonds. The van der Waals surface area contributed by atoms with E-state index < -0.39 is 9.05 Å². The molecule has 0 aliphatic carbocycles. The zero-order valence-electron chi connectivity index (χ0n) is 14.9. The van der Waals surface area contributed by atoms with Crippen molar-refractivity contribution < 1.29 is 8.42 Å². The summed E-state index contributed by atoms with van der Waals surface area (Å²) < 4.78 is 24.1. The molecule has 5 nitrogen and oxygen atoms in total. The Bertz CT molecular complexity index is 1060. The molecule has 3 aromatic rings. The maximum atomic E-state index is 12.0. The normalized spacial score (nSPS) is 11.7. The van der Waals surface area contributed by atoms with Gasteiger partial charge in [-0.05, 0) is 47.5 Å². The van der Waals surface area contributed by atoms with Gasteiger partial charge in [0.15, 0.2) is 0 Å². The second kappa shape index (κ2) is 7.90. The number of azo groups is 1. The molecule has 0 saturated carbocycles. The Morgan fingerprint density at radius 3 is 2.04 bits per heavy atom. The van der Waals surface area contributed by atoms with Crippen LogP contribution in [-0.4, -0.2) is 22.5 Å². The molecule has 0 saturated heterocycles. The summed E-state index contributed by atoms with van der Waals surface area (Å²) >= 11 is 0. The van der Waals surface area contributed by atoms with E-state index in [2.05, 4.69) is 10.2 Å². The summed E-state index contributed by atoms with van der Waals surface area (Å²) in [5.41, 5.74) is 3.49. The highest BCUT2D eigenvalue weighted by Gasteiger charge is 2.17. The van der Waals surface area contributed by atoms with Crippen LogP contribution in [0.3, 0.4) is 0 Å². The lowest BCUT2D eigenvalue weighted by atomic mass is 10.0. The molecular formula is C20H18ClN3O2S. The summed E-state index contributed by atoms with van der Waals surface area (Å²) in [6.45, 7) is 0. The Balaban J connectivity index is 2.01. The van der Waals surface area contributed by atoms with Crippen LogP contribution in [0.5, 0.6) is 0 Å². The van der Waals surface area contributed by atoms with Gasteiger partial charge in [-0.25, -0.2) is 8.42 Å². The first-order chi connectivity index (χ1) is 12.8. The molecule has 7 heteroatoms. The van der Waals surface area contributed by atoms with E-state index in [0.29, 0.717) is 5.69 Å². The number of nitrogens with zero attached hydrogens (tertiary/aromatic N) is 3. The highest BCUT2D eigenvalue weighted by molar-refractivity contribution is 8.13. The van der Waals surface area contributed by atoms with Crippen LogP contribution in [0.2, 0.25) is 0 Å². The molecular weight excluding hydrogens is 382 g/mol. The molecule has 0 N–H and O–H groups in total. The molecule has 0 aliphatic rings. The first kappa shape index (κ1) is 19.1. The number of halogens is 1. The number of benzene rings is 3. The summed E-state index contributed by atoms with van der Waals surface area (Å²) in [5.74, 6) is 0. The van der Waals surface area contributed by atoms with E-state index in [-0.39, 0.29) is 10.6 Å². The first-order valence-electron chi connectivity index (χ1n) is 8.18. The fourth-order valence-corrected chi connectivity index (χ4v) is 3.53. The fourth-order valence-electron chi connectivity index (χ4n) is 2.53. The van der Waals surface area contributed by atoms with Crippen molar-refractivity contribution in [3.8, 4) is 11.1 Å². The lowest BCUT2D eigenvalue weighted by molar-refractivity contribution is 0.609. The van der Waals surface area contributed by atoms with Gasteiger partial charge in [0.1, 0.15) is 10.6 Å². The van der Waals surface area contributed by atoms with Crippen molar-refractivity contribution in [1.82, 2.24) is 0 Å². The Morgan fingerprint density at radius 1 is 0.815 bits per heavy atom. The van der Waals surface area contributed by atoms with E-state index in [1.807, 2.05) is 61.5 Å². The third-order valence-corrected chi connectivity index (χ3v) is 5.32. The van der Waals surface area contributed by atoms with Crippen LogP contribution >= 0.6 is 10.7 Å². The van der Waals surface area contributed by atoms with E-state index in [9.17, 15) is 8.42 Å². The molecule has 0 atom stereocenters. The van der Waals surface area contributed by atoms with Crippen molar-refractivity contribution in [2.24, 2.45) is 10.2 Å². The Morgan fingerprint density at radius 2 is 1.44 bits per heavy atom. The van der Waals surface area contributed by atoms with Gasteiger partial charge in [0.2, 0.25) is 0 Å². The summed E-state index contributed by atoms with van der Waals surface area (Å²) in [7, 11) is 5.57. The molecule has 0 aromatic heterocycles. The number of rotatable bonds is 5. The van der Waals surface area contributed by atoms with Crippen LogP contribution < -0.4 is 4.90 Å². The predicted octanol–water partition coefficient (Wildman–Crippen LogP) is 5.76. The van der Waals surface area contributed by atoms with Crippen LogP contribution in [0.1, 0.15) is 0 Å². The number of hydrogen-bond donors (Lipinski definition) is 0. The molecule has 0 bridgehead atoms. The maximum Gasteiger partial charge on any atom is 0.263 e. The van der Waals surface area contributed by atoms with Gasteiger partial charge in [0.25, 0.3) is 9.05 Å². The highest BCUT2D eigenvalue weighted by Crippen LogP contribution is 2.33. The van der Waals surface area contributed by atoms with Crippen molar-refractivity contribution >= 4 is 36.8 Å². The summed E-state index contributed by atoms with van der Waals surface area (Å²) in [4.78, 5) is 1.92. The minimum Gasteiger partial charge on any atom is -0.378 e. The van der Waals surface area contributed by atoms with Crippen LogP contribution in [0.4, 0.5) is 17.1 Å². The Hall–Kier alpha value is -2.70. The van der Waals surface area contributed by atoms with Gasteiger partial charge in [-0.15, -0.1) is 5.11 Å². The molecule has 0 radical (unpaired) electrons. The topological polar surface area (TPSA) is 62.1 Å². The average molecular weight is 400 g/mol. The number of anilines is 1. The summed E-state index contributed by atoms with van der Waals surface area (Å²) in [6.07, 6.45) is 0. The minimum absolute atomic E-state index is 0.0713. The van der Waals surface area contributed by atoms with Crippen molar-refractivity contribution in [2.45, 2.75) is 4.90 Å². The van der Waals surface area contributed by atoms with Gasteiger partial charge < -0.3 is 4.90 Å². The van der Waals surface area contributed by atoms with E-state index in [0.717, 1.165) is 16.8 Å². The van der Waals surface area contributed by atoms with Gasteiger partial charge in [-0.1, -0.05) is 36.4 Å². The van der Waals surface area contributed by atoms with E-state index in [1.54, 1.807) is 24.3 Å². The number of hydrogen-bond acceptors (Lipinski definition) is 5. The second-order valence-corrected chi connectivity index (χ2v) is 8.63. The van der Waals surface area contributed by atoms with Crippen LogP contribution in [0, 0.1) is 0 Å². The lowest BCUT2D eigenvalue weighted by Gasteiger charge is -2.13. The Labute approximate surface area is 163 Å². The van der Waals surface area contributed by atoms with Crippen LogP contribution in [0.25, 0.3) is 11.1 Å². The monoisotopic (exact) mass is 399 g/mol. The maximum absolute atomic E-state index is 12.0. The fraction of sp³-hybridized carbons (Fsp3) is 0.100. The van der Waals surface area contributed by atoms with Crippen molar-refractivity contribution in [3.05, 3.63) is 72.8 Å². The van der Waals surface area contributed by atoms with Crippen molar-refractivity contribution in [1.29, 1.82) is 0 Å². The third kappa shape index (κ3) is 4.72. The van der Waals surface area contributed by atoms with Crippen molar-refractivity contribution in [3.63, 3.8) is 0 Å². The van der Waals surface area contributed by atoms with Crippen LogP contribution in [-0.2, 0) is 9.05 Å². The Kier molecular flexibility index (Phi) is 5.58. The average Bonchev–Trinajstić information content (AvgIpc) is 2.66. The predicted molar refractivity (Wildman–Crippen MR) is 110 cm³/mol. The molecule has 27 heavy (non-hydrogen) atoms. The van der Waals surface area contributed by atoms with Gasteiger partial charge in [-0.2, -0.15) is 5.11 Å². The first-order valence-corrected chi connectivity index (χ1v) is 10.5. The zero-order chi connectivity index (χ0) is 19.4. The molecule has 0 aliphatic heterocycles. The van der Waals surface area contributed by atoms with E-state index >= 15 is 0 Å². The largest absolute Gasteiger partial charge is 0.378 e. The highest BCUT2D eigenvalue weighted by atomic mass is 35.7. The van der Waals surface area contributed by atoms with Gasteiger partial charge in [0.05, 0.1) is 5.69 Å². The van der Waals surface area contributed by atoms with Gasteiger partial charge >= 0.3 is 0 Å². The van der Waals surface area contributed by atoms with Crippen LogP contribution in [0.15, 0.2) is 87.9 Å². The summed E-state index contributed by atoms with van der Waals surface area (Å²) in [6, 6.07) is 21.8. The quantitative estimate of drug-likeness (QED) is 0.404. The third-order valence-electron chi connectivity index (χ3n) is 3.97.